The molecule has 0 atom stereocenters. The summed E-state index contributed by atoms with van der Waals surface area (Å²) in [6.07, 6.45) is 7.14. The average molecular weight is 321 g/mol. The second-order valence-corrected chi connectivity index (χ2v) is 6.41. The highest BCUT2D eigenvalue weighted by Gasteiger charge is 2.35. The maximum Gasteiger partial charge on any atom is 0.257 e. The van der Waals surface area contributed by atoms with Crippen LogP contribution in [0.4, 0.5) is 11.4 Å². The Labute approximate surface area is 140 Å². The fourth-order valence-corrected chi connectivity index (χ4v) is 3.13. The summed E-state index contributed by atoms with van der Waals surface area (Å²) in [6, 6.07) is 9.29. The van der Waals surface area contributed by atoms with E-state index in [0.717, 1.165) is 37.9 Å². The molecule has 1 N–H and O–H groups in total. The third kappa shape index (κ3) is 2.89. The number of nitrogens with one attached hydrogen (secondary N) is 1. The molecule has 24 heavy (non-hydrogen) atoms. The fourth-order valence-electron chi connectivity index (χ4n) is 3.13. The first-order valence-electron chi connectivity index (χ1n) is 8.38. The van der Waals surface area contributed by atoms with Gasteiger partial charge >= 0.3 is 0 Å². The van der Waals surface area contributed by atoms with Gasteiger partial charge in [-0.3, -0.25) is 14.6 Å². The molecule has 5 nitrogen and oxygen atoms in total. The van der Waals surface area contributed by atoms with Crippen LogP contribution in [-0.2, 0) is 11.2 Å². The molecule has 2 heterocycles. The maximum atomic E-state index is 12.5. The number of fused-ring (bicyclic) bond motifs is 1. The van der Waals surface area contributed by atoms with E-state index in [4.69, 9.17) is 0 Å². The number of hydrogen-bond donors (Lipinski definition) is 1. The van der Waals surface area contributed by atoms with Gasteiger partial charge in [-0.05, 0) is 55.5 Å². The first-order chi connectivity index (χ1) is 11.7. The Hall–Kier alpha value is -2.69. The number of amides is 2. The molecule has 5 heteroatoms. The van der Waals surface area contributed by atoms with Gasteiger partial charge in [0, 0.05) is 36.2 Å². The number of carbonyl (C=O) groups excluding carboxylic acids is 2. The maximum absolute atomic E-state index is 12.5. The van der Waals surface area contributed by atoms with Gasteiger partial charge in [-0.2, -0.15) is 0 Å². The van der Waals surface area contributed by atoms with E-state index < -0.39 is 0 Å². The fraction of sp³-hybridized carbons (Fsp3) is 0.316. The lowest BCUT2D eigenvalue weighted by atomic mass is 10.0. The molecule has 1 aliphatic heterocycles. The normalized spacial score (nSPS) is 16.4. The smallest absolute Gasteiger partial charge is 0.257 e. The lowest BCUT2D eigenvalue weighted by Gasteiger charge is -2.30. The van der Waals surface area contributed by atoms with Gasteiger partial charge in [0.15, 0.2) is 0 Å². The highest BCUT2D eigenvalue weighted by Crippen LogP contribution is 2.36. The number of aromatic nitrogens is 1. The molecule has 122 valence electrons. The molecule has 0 spiro atoms. The van der Waals surface area contributed by atoms with E-state index in [1.54, 1.807) is 18.3 Å². The molecule has 1 saturated carbocycles. The van der Waals surface area contributed by atoms with Crippen molar-refractivity contribution in [3.8, 4) is 0 Å². The number of benzene rings is 1. The summed E-state index contributed by atoms with van der Waals surface area (Å²) < 4.78 is 0. The molecule has 2 aromatic rings. The van der Waals surface area contributed by atoms with Crippen molar-refractivity contribution in [2.45, 2.75) is 25.7 Å². The lowest BCUT2D eigenvalue weighted by Crippen LogP contribution is -2.36. The summed E-state index contributed by atoms with van der Waals surface area (Å²) >= 11 is 0. The Kier molecular flexibility index (Phi) is 3.76. The second kappa shape index (κ2) is 6.07. The molecular formula is C19H19N3O2. The van der Waals surface area contributed by atoms with Crippen molar-refractivity contribution < 1.29 is 9.59 Å². The molecule has 0 radical (unpaired) electrons. The summed E-state index contributed by atoms with van der Waals surface area (Å²) in [4.78, 5) is 30.7. The van der Waals surface area contributed by atoms with Crippen LogP contribution in [-0.4, -0.2) is 23.3 Å². The Morgan fingerprint density at radius 3 is 2.83 bits per heavy atom. The number of anilines is 2. The first-order valence-corrected chi connectivity index (χ1v) is 8.38. The minimum Gasteiger partial charge on any atom is -0.322 e. The summed E-state index contributed by atoms with van der Waals surface area (Å²) in [5, 5.41) is 2.90. The van der Waals surface area contributed by atoms with Crippen LogP contribution in [0.3, 0.4) is 0 Å². The second-order valence-electron chi connectivity index (χ2n) is 6.41. The van der Waals surface area contributed by atoms with Gasteiger partial charge < -0.3 is 10.2 Å². The molecule has 0 unspecified atom stereocenters. The standard InChI is InChI=1S/C19H19N3O2/c23-18(15-3-1-9-20-12-15)21-16-8-7-13-4-2-10-22(17(13)11-16)19(24)14-5-6-14/h1,3,7-9,11-12,14H,2,4-6,10H2,(H,21,23). The lowest BCUT2D eigenvalue weighted by molar-refractivity contribution is -0.119. The quantitative estimate of drug-likeness (QED) is 0.945. The van der Waals surface area contributed by atoms with E-state index in [2.05, 4.69) is 10.3 Å². The van der Waals surface area contributed by atoms with E-state index in [0.29, 0.717) is 11.3 Å². The predicted octanol–water partition coefficient (Wildman–Crippen LogP) is 3.02. The summed E-state index contributed by atoms with van der Waals surface area (Å²) in [7, 11) is 0. The molecule has 0 saturated heterocycles. The Morgan fingerprint density at radius 2 is 2.08 bits per heavy atom. The van der Waals surface area contributed by atoms with E-state index >= 15 is 0 Å². The zero-order valence-corrected chi connectivity index (χ0v) is 13.4. The van der Waals surface area contributed by atoms with Crippen molar-refractivity contribution in [2.75, 3.05) is 16.8 Å². The van der Waals surface area contributed by atoms with Crippen LogP contribution in [0, 0.1) is 5.92 Å². The molecule has 1 aromatic carbocycles. The Morgan fingerprint density at radius 1 is 1.21 bits per heavy atom. The van der Waals surface area contributed by atoms with Crippen LogP contribution in [0.1, 0.15) is 35.2 Å². The number of nitrogens with zero attached hydrogens (tertiary/aromatic N) is 2. The van der Waals surface area contributed by atoms with Crippen LogP contribution in [0.2, 0.25) is 0 Å². The van der Waals surface area contributed by atoms with Crippen LogP contribution in [0.15, 0.2) is 42.7 Å². The summed E-state index contributed by atoms with van der Waals surface area (Å²) in [5.74, 6) is 0.232. The monoisotopic (exact) mass is 321 g/mol. The number of rotatable bonds is 3. The predicted molar refractivity (Wildman–Crippen MR) is 92.0 cm³/mol. The summed E-state index contributed by atoms with van der Waals surface area (Å²) in [5.41, 5.74) is 3.34. The highest BCUT2D eigenvalue weighted by atomic mass is 16.2. The van der Waals surface area contributed by atoms with Crippen molar-refractivity contribution in [2.24, 2.45) is 5.92 Å². The highest BCUT2D eigenvalue weighted by molar-refractivity contribution is 6.05. The molecule has 1 fully saturated rings. The molecule has 1 aromatic heterocycles. The Bertz CT molecular complexity index is 784. The molecule has 1 aliphatic carbocycles. The van der Waals surface area contributed by atoms with Gasteiger partial charge in [-0.15, -0.1) is 0 Å². The van der Waals surface area contributed by atoms with Gasteiger partial charge in [0.25, 0.3) is 5.91 Å². The van der Waals surface area contributed by atoms with Gasteiger partial charge in [-0.1, -0.05) is 6.07 Å². The number of pyridine rings is 1. The zero-order valence-electron chi connectivity index (χ0n) is 13.4. The average Bonchev–Trinajstić information content (AvgIpc) is 3.46. The van der Waals surface area contributed by atoms with E-state index in [1.165, 1.54) is 11.8 Å². The number of carbonyl (C=O) groups is 2. The van der Waals surface area contributed by atoms with Gasteiger partial charge in [0.05, 0.1) is 5.56 Å². The topological polar surface area (TPSA) is 62.3 Å². The molecule has 2 amide bonds. The van der Waals surface area contributed by atoms with Crippen LogP contribution >= 0.6 is 0 Å². The third-order valence-electron chi connectivity index (χ3n) is 4.58. The molecule has 0 bridgehead atoms. The molecule has 4 rings (SSSR count). The summed E-state index contributed by atoms with van der Waals surface area (Å²) in [6.45, 7) is 0.766. The van der Waals surface area contributed by atoms with Crippen molar-refractivity contribution in [3.63, 3.8) is 0 Å². The van der Waals surface area contributed by atoms with Gasteiger partial charge in [0.1, 0.15) is 0 Å². The van der Waals surface area contributed by atoms with E-state index in [1.807, 2.05) is 23.1 Å². The van der Waals surface area contributed by atoms with Crippen molar-refractivity contribution in [3.05, 3.63) is 53.9 Å². The van der Waals surface area contributed by atoms with E-state index in [9.17, 15) is 9.59 Å². The Balaban J connectivity index is 1.58. The van der Waals surface area contributed by atoms with E-state index in [-0.39, 0.29) is 17.7 Å². The van der Waals surface area contributed by atoms with Crippen LogP contribution in [0.5, 0.6) is 0 Å². The largest absolute Gasteiger partial charge is 0.322 e. The van der Waals surface area contributed by atoms with Gasteiger partial charge in [-0.25, -0.2) is 0 Å². The number of aryl methyl sites for hydroxylation is 1. The third-order valence-corrected chi connectivity index (χ3v) is 4.58. The first kappa shape index (κ1) is 14.9. The van der Waals surface area contributed by atoms with Crippen LogP contribution in [0.25, 0.3) is 0 Å². The molecular weight excluding hydrogens is 302 g/mol. The minimum absolute atomic E-state index is 0.195. The van der Waals surface area contributed by atoms with Crippen molar-refractivity contribution in [1.29, 1.82) is 0 Å². The van der Waals surface area contributed by atoms with Crippen molar-refractivity contribution >= 4 is 23.2 Å². The van der Waals surface area contributed by atoms with Gasteiger partial charge in [0.2, 0.25) is 5.91 Å². The number of hydrogen-bond acceptors (Lipinski definition) is 3. The SMILES string of the molecule is O=C(Nc1ccc2c(c1)N(C(=O)C1CC1)CCC2)c1cccnc1. The zero-order chi connectivity index (χ0) is 16.5. The van der Waals surface area contributed by atoms with Crippen molar-refractivity contribution in [1.82, 2.24) is 4.98 Å². The molecule has 2 aliphatic rings. The van der Waals surface area contributed by atoms with Crippen LogP contribution < -0.4 is 10.2 Å². The minimum atomic E-state index is -0.195.